The van der Waals surface area contributed by atoms with Crippen molar-refractivity contribution in [3.8, 4) is 0 Å². The minimum Gasteiger partial charge on any atom is -0.756 e. The van der Waals surface area contributed by atoms with Crippen molar-refractivity contribution in [1.82, 2.24) is 48.9 Å². The molecule has 1 amide bonds. The number of hydrogen-bond acceptors (Lipinski definition) is 26. The standard InChI is InChI=1S/C35H48N13O22P3/c1-45-13-48(29-22(45)30(54)44-34(37)43-29)31-23(51)15(8-62-2)18(67-31)10-65-72(58,59)70-73(60,61)69-71(56,57)64-9-17-14(26(63-3)33(68-17)47-12-41-21-27(36)39-11-40-28(21)47)6-20(50)38-7-16-24(52)25(53)32(66-16)46-5-4-19(49)42-35(46)55/h4-5,11-18,23-26,31-33,51-53H,6-10H2,1-3H3,(H9-,36,37,38,39,40,42,43,44,49,50,54,55,56,57,58,59,60,61)/t14-,15-,16-,17-,18-,23-,24-,25-,26-,31-,32-,33-/m1/s1. The van der Waals surface area contributed by atoms with Crippen molar-refractivity contribution in [2.24, 2.45) is 18.9 Å². The van der Waals surface area contributed by atoms with E-state index in [2.05, 4.69) is 38.9 Å². The number of aliphatic hydroxyl groups is 3. The van der Waals surface area contributed by atoms with E-state index < -0.39 is 146 Å². The number of aromatic nitrogens is 10. The van der Waals surface area contributed by atoms with Crippen LogP contribution in [0.2, 0.25) is 0 Å². The molecule has 15 atom stereocenters. The summed E-state index contributed by atoms with van der Waals surface area (Å²) in [4.78, 5) is 105. The fourth-order valence-electron chi connectivity index (χ4n) is 8.71. The fourth-order valence-corrected chi connectivity index (χ4v) is 12.2. The Bertz CT molecular complexity index is 3190. The van der Waals surface area contributed by atoms with E-state index in [4.69, 9.17) is 44.2 Å². The van der Waals surface area contributed by atoms with Crippen molar-refractivity contribution in [3.63, 3.8) is 0 Å². The van der Waals surface area contributed by atoms with Gasteiger partial charge in [-0.25, -0.2) is 37.8 Å². The maximum absolute atomic E-state index is 13.6. The molecule has 5 aromatic heterocycles. The normalized spacial score (nSPS) is 29.9. The Kier molecular flexibility index (Phi) is 15.7. The van der Waals surface area contributed by atoms with Gasteiger partial charge in [-0.2, -0.15) is 13.9 Å². The number of fused-ring (bicyclic) bond motifs is 2. The first-order chi connectivity index (χ1) is 34.4. The molecule has 0 saturated carbocycles. The lowest BCUT2D eigenvalue weighted by molar-refractivity contribution is -0.646. The molecule has 0 spiro atoms. The Morgan fingerprint density at radius 3 is 2.25 bits per heavy atom. The number of carbonyl (C=O) groups is 1. The van der Waals surface area contributed by atoms with Gasteiger partial charge in [0.05, 0.1) is 45.4 Å². The number of imidazole rings is 2. The minimum atomic E-state index is -6.16. The number of aliphatic hydroxyl groups excluding tert-OH is 3. The van der Waals surface area contributed by atoms with Crippen LogP contribution in [0.1, 0.15) is 25.1 Å². The number of H-pyrrole nitrogens is 2. The fraction of sp³-hybridized carbons (Fsp3) is 0.571. The van der Waals surface area contributed by atoms with Crippen molar-refractivity contribution in [3.05, 3.63) is 62.4 Å². The molecule has 38 heteroatoms. The molecule has 3 unspecified atom stereocenters. The summed E-state index contributed by atoms with van der Waals surface area (Å²) in [5.41, 5.74) is 9.68. The van der Waals surface area contributed by atoms with Crippen LogP contribution in [0, 0.1) is 11.8 Å². The monoisotopic (exact) mass is 1100 g/mol. The number of phosphoric acid groups is 3. The van der Waals surface area contributed by atoms with Crippen molar-refractivity contribution in [1.29, 1.82) is 0 Å². The molecular weight excluding hydrogens is 1050 g/mol. The lowest BCUT2D eigenvalue weighted by atomic mass is 9.93. The summed E-state index contributed by atoms with van der Waals surface area (Å²) in [6, 6.07) is 0.988. The third-order valence-corrected chi connectivity index (χ3v) is 16.2. The molecule has 0 aliphatic carbocycles. The third kappa shape index (κ3) is 11.4. The average molecular weight is 1100 g/mol. The van der Waals surface area contributed by atoms with E-state index in [9.17, 15) is 62.9 Å². The van der Waals surface area contributed by atoms with E-state index in [0.717, 1.165) is 23.2 Å². The van der Waals surface area contributed by atoms with Gasteiger partial charge in [-0.3, -0.25) is 42.6 Å². The lowest BCUT2D eigenvalue weighted by Crippen LogP contribution is -2.42. The number of aromatic amines is 2. The van der Waals surface area contributed by atoms with Crippen molar-refractivity contribution in [2.45, 2.75) is 67.8 Å². The average Bonchev–Trinajstić information content (AvgIpc) is 4.10. The van der Waals surface area contributed by atoms with E-state index in [1.807, 2.05) is 4.98 Å². The number of anilines is 2. The number of amides is 1. The highest BCUT2D eigenvalue weighted by molar-refractivity contribution is 7.66. The van der Waals surface area contributed by atoms with Crippen LogP contribution in [-0.2, 0) is 66.9 Å². The highest BCUT2D eigenvalue weighted by atomic mass is 31.3. The topological polar surface area (TPSA) is 493 Å². The first-order valence-electron chi connectivity index (χ1n) is 21.4. The maximum atomic E-state index is 13.6. The molecule has 3 fully saturated rings. The Morgan fingerprint density at radius 1 is 0.849 bits per heavy atom. The van der Waals surface area contributed by atoms with Crippen LogP contribution in [0.3, 0.4) is 0 Å². The van der Waals surface area contributed by atoms with Crippen LogP contribution in [-0.4, -0.2) is 158 Å². The number of hydrogen-bond donors (Lipinski definition) is 10. The van der Waals surface area contributed by atoms with Gasteiger partial charge in [-0.05, 0) is 0 Å². The van der Waals surface area contributed by atoms with Crippen molar-refractivity contribution in [2.75, 3.05) is 52.1 Å². The number of carbonyl (C=O) groups excluding carboxylic acids is 1. The summed E-state index contributed by atoms with van der Waals surface area (Å²) in [7, 11) is -14.0. The minimum absolute atomic E-state index is 0.0148. The van der Waals surface area contributed by atoms with E-state index in [0.29, 0.717) is 0 Å². The number of rotatable bonds is 20. The zero-order chi connectivity index (χ0) is 52.9. The van der Waals surface area contributed by atoms with Crippen LogP contribution in [0.15, 0.2) is 45.6 Å². The largest absolute Gasteiger partial charge is 0.756 e. The van der Waals surface area contributed by atoms with Gasteiger partial charge in [0.15, 0.2) is 23.9 Å². The van der Waals surface area contributed by atoms with Gasteiger partial charge in [0.25, 0.3) is 24.5 Å². The molecular formula is C35H48N13O22P3. The Hall–Kier alpha value is -5.26. The predicted octanol–water partition coefficient (Wildman–Crippen LogP) is -4.99. The van der Waals surface area contributed by atoms with Crippen LogP contribution >= 0.6 is 23.5 Å². The molecule has 12 N–H and O–H groups in total. The summed E-state index contributed by atoms with van der Waals surface area (Å²) in [5, 5.41) is 35.1. The number of nitrogen functional groups attached to an aromatic ring is 2. The third-order valence-electron chi connectivity index (χ3n) is 12.0. The molecule has 0 aromatic carbocycles. The van der Waals surface area contributed by atoms with Crippen LogP contribution in [0.5, 0.6) is 0 Å². The molecule has 0 radical (unpaired) electrons. The Balaban J connectivity index is 0.925. The molecule has 8 heterocycles. The molecule has 8 rings (SSSR count). The van der Waals surface area contributed by atoms with Gasteiger partial charge in [0.1, 0.15) is 42.4 Å². The number of nitrogens with zero attached hydrogens (tertiary/aromatic N) is 8. The Labute approximate surface area is 407 Å². The lowest BCUT2D eigenvalue weighted by Gasteiger charge is -2.27. The molecule has 73 heavy (non-hydrogen) atoms. The summed E-state index contributed by atoms with van der Waals surface area (Å²) in [5.74, 6) is -3.25. The second-order valence-electron chi connectivity index (χ2n) is 16.7. The zero-order valence-corrected chi connectivity index (χ0v) is 40.8. The number of phosphoric ester groups is 2. The van der Waals surface area contributed by atoms with Crippen molar-refractivity contribution >= 4 is 63.5 Å². The SMILES string of the molecule is COC[C@H]1[C@@H](O)[C@H](n2c[n+](C)c3c(=O)[nH]c(N)nc32)O[C@@H]1COP(=O)([O-])OP(=O)(O)OP(=O)(O)OC[C@H]1O[C@@H](n2cnc3c(N)ncnc32)[C@H](OC)[C@@H]1CC(=O)NC[C@H]1O[C@@H](n2ccc(=O)[nH]c2=O)[C@H](O)[C@@H]1O. The number of nitrogens with one attached hydrogen (secondary N) is 3. The van der Waals surface area contributed by atoms with Gasteiger partial charge < -0.3 is 75.0 Å². The van der Waals surface area contributed by atoms with Crippen LogP contribution in [0.4, 0.5) is 11.8 Å². The molecule has 400 valence electrons. The highest BCUT2D eigenvalue weighted by Gasteiger charge is 2.51. The summed E-state index contributed by atoms with van der Waals surface area (Å²) in [6.07, 6.45) is -9.85. The first kappa shape index (κ1) is 54.0. The van der Waals surface area contributed by atoms with Crippen molar-refractivity contribution < 1.29 is 94.4 Å². The maximum Gasteiger partial charge on any atom is 0.487 e. The van der Waals surface area contributed by atoms with Gasteiger partial charge in [0.2, 0.25) is 24.4 Å². The molecule has 3 saturated heterocycles. The number of ether oxygens (including phenoxy) is 5. The molecule has 3 aliphatic rings. The van der Waals surface area contributed by atoms with Gasteiger partial charge in [0, 0.05) is 51.3 Å². The quantitative estimate of drug-likeness (QED) is 0.0258. The molecule has 0 bridgehead atoms. The van der Waals surface area contributed by atoms with E-state index >= 15 is 0 Å². The highest BCUT2D eigenvalue weighted by Crippen LogP contribution is 2.67. The smallest absolute Gasteiger partial charge is 0.487 e. The van der Waals surface area contributed by atoms with Crippen LogP contribution < -0.4 is 43.1 Å². The second-order valence-corrected chi connectivity index (χ2v) is 21.2. The zero-order valence-electron chi connectivity index (χ0n) is 38.1. The number of nitrogens with two attached hydrogens (primary N) is 2. The van der Waals surface area contributed by atoms with Gasteiger partial charge in [-0.15, -0.1) is 0 Å². The summed E-state index contributed by atoms with van der Waals surface area (Å²) < 4.78 is 90.9. The van der Waals surface area contributed by atoms with Gasteiger partial charge >= 0.3 is 26.9 Å². The first-order valence-corrected chi connectivity index (χ1v) is 25.8. The summed E-state index contributed by atoms with van der Waals surface area (Å²) in [6.45, 7) is -2.72. The summed E-state index contributed by atoms with van der Waals surface area (Å²) >= 11 is 0. The predicted molar refractivity (Wildman–Crippen MR) is 235 cm³/mol. The van der Waals surface area contributed by atoms with Gasteiger partial charge in [-0.1, -0.05) is 0 Å². The van der Waals surface area contributed by atoms with E-state index in [1.54, 1.807) is 0 Å². The molecule has 35 nitrogen and oxygen atoms in total. The molecule has 3 aliphatic heterocycles. The number of methoxy groups -OCH3 is 2. The molecule has 5 aromatic rings. The Morgan fingerprint density at radius 2 is 1.53 bits per heavy atom. The van der Waals surface area contributed by atoms with E-state index in [-0.39, 0.29) is 40.7 Å². The number of aryl methyl sites for hydroxylation is 1. The second kappa shape index (κ2) is 21.2. The van der Waals surface area contributed by atoms with Crippen LogP contribution in [0.25, 0.3) is 22.3 Å². The van der Waals surface area contributed by atoms with E-state index in [1.165, 1.54) is 47.6 Å².